The molecule has 0 saturated heterocycles. The summed E-state index contributed by atoms with van der Waals surface area (Å²) in [7, 11) is 0. The van der Waals surface area contributed by atoms with Gasteiger partial charge < -0.3 is 10.5 Å². The van der Waals surface area contributed by atoms with Gasteiger partial charge in [-0.15, -0.1) is 0 Å². The molecular formula is C11H8Cl2FN2O3Y-. The molecule has 0 unspecified atom stereocenters. The minimum absolute atomic E-state index is 0. The Hall–Kier alpha value is -0.556. The number of hydrogen-bond acceptors (Lipinski definition) is 4. The maximum atomic E-state index is 13.2. The van der Waals surface area contributed by atoms with Crippen molar-refractivity contribution in [2.24, 2.45) is 0 Å². The number of esters is 1. The van der Waals surface area contributed by atoms with E-state index in [1.807, 2.05) is 0 Å². The zero-order chi connectivity index (χ0) is 14.6. The van der Waals surface area contributed by atoms with E-state index in [0.717, 1.165) is 6.07 Å². The molecule has 1 heterocycles. The second-order valence-electron chi connectivity index (χ2n) is 3.21. The summed E-state index contributed by atoms with van der Waals surface area (Å²) in [6.45, 7) is 1.57. The molecule has 1 rings (SSSR count). The summed E-state index contributed by atoms with van der Waals surface area (Å²) in [5, 5.41) is -0.853. The van der Waals surface area contributed by atoms with Crippen LogP contribution in [0.2, 0.25) is 10.3 Å². The minimum atomic E-state index is -0.992. The van der Waals surface area contributed by atoms with E-state index in [0.29, 0.717) is 6.20 Å². The van der Waals surface area contributed by atoms with Crippen molar-refractivity contribution in [1.82, 2.24) is 4.98 Å². The Morgan fingerprint density at radius 3 is 2.55 bits per heavy atom. The Kier molecular flexibility index (Phi) is 8.43. The molecule has 0 fully saturated rings. The first-order valence-corrected chi connectivity index (χ1v) is 5.78. The van der Waals surface area contributed by atoms with E-state index < -0.39 is 28.3 Å². The Bertz CT molecular complexity index is 567. The number of hydrogen-bond donors (Lipinski definition) is 0. The van der Waals surface area contributed by atoms with Crippen molar-refractivity contribution in [3.8, 4) is 0 Å². The quantitative estimate of drug-likeness (QED) is 0.196. The van der Waals surface area contributed by atoms with Gasteiger partial charge in [0.05, 0.1) is 17.7 Å². The van der Waals surface area contributed by atoms with Crippen LogP contribution in [0.3, 0.4) is 0 Å². The molecule has 105 valence electrons. The number of nitrogens with one attached hydrogen (secondary N) is 1. The number of ketones is 1. The molecule has 0 bridgehead atoms. The van der Waals surface area contributed by atoms with Crippen molar-refractivity contribution in [3.05, 3.63) is 45.3 Å². The summed E-state index contributed by atoms with van der Waals surface area (Å²) in [4.78, 5) is 26.8. The predicted molar refractivity (Wildman–Crippen MR) is 67.6 cm³/mol. The van der Waals surface area contributed by atoms with Gasteiger partial charge in [0.1, 0.15) is 5.15 Å². The van der Waals surface area contributed by atoms with Crippen LogP contribution in [0, 0.1) is 5.82 Å². The molecule has 0 atom stereocenters. The maximum absolute atomic E-state index is 13.2. The van der Waals surface area contributed by atoms with Crippen LogP contribution in [0.25, 0.3) is 5.73 Å². The van der Waals surface area contributed by atoms with Crippen LogP contribution in [0.4, 0.5) is 4.39 Å². The number of Topliss-reactive ketones (excluding diaryl/α,β-unsaturated/α-hetero) is 1. The second kappa shape index (κ2) is 8.67. The van der Waals surface area contributed by atoms with Crippen LogP contribution in [-0.2, 0) is 42.2 Å². The largest absolute Gasteiger partial charge is 0.704 e. The fourth-order valence-corrected chi connectivity index (χ4v) is 1.58. The Balaban J connectivity index is 0.00000361. The van der Waals surface area contributed by atoms with Gasteiger partial charge in [0, 0.05) is 32.7 Å². The maximum Gasteiger partial charge on any atom is 0.340 e. The van der Waals surface area contributed by atoms with Crippen LogP contribution in [0.5, 0.6) is 0 Å². The van der Waals surface area contributed by atoms with Crippen LogP contribution in [0.1, 0.15) is 17.3 Å². The van der Waals surface area contributed by atoms with Gasteiger partial charge >= 0.3 is 5.97 Å². The minimum Gasteiger partial charge on any atom is -0.704 e. The third-order valence-corrected chi connectivity index (χ3v) is 2.57. The molecule has 1 N–H and O–H groups in total. The molecule has 5 nitrogen and oxygen atoms in total. The van der Waals surface area contributed by atoms with E-state index >= 15 is 0 Å². The first-order valence-electron chi connectivity index (χ1n) is 5.03. The molecule has 0 aliphatic rings. The first-order chi connectivity index (χ1) is 8.92. The number of aromatic nitrogens is 1. The summed E-state index contributed by atoms with van der Waals surface area (Å²) in [5.41, 5.74) is 6.11. The van der Waals surface area contributed by atoms with Crippen LogP contribution >= 0.6 is 23.2 Å². The molecule has 0 spiro atoms. The number of halogens is 3. The van der Waals surface area contributed by atoms with Gasteiger partial charge in [-0.1, -0.05) is 23.2 Å². The van der Waals surface area contributed by atoms with E-state index in [2.05, 4.69) is 9.72 Å². The van der Waals surface area contributed by atoms with E-state index in [4.69, 9.17) is 28.9 Å². The zero-order valence-corrected chi connectivity index (χ0v) is 14.6. The average Bonchev–Trinajstić information content (AvgIpc) is 2.34. The van der Waals surface area contributed by atoms with Crippen molar-refractivity contribution in [1.29, 1.82) is 0 Å². The molecule has 20 heavy (non-hydrogen) atoms. The fraction of sp³-hybridized carbons (Fsp3) is 0.182. The molecule has 0 amide bonds. The molecule has 0 saturated carbocycles. The van der Waals surface area contributed by atoms with Gasteiger partial charge in [-0.25, -0.2) is 14.2 Å². The third kappa shape index (κ3) is 4.48. The smallest absolute Gasteiger partial charge is 0.340 e. The SMILES string of the molecule is CCOC(=O)/C(=C\[NH-])C(=O)c1cc(F)c(Cl)nc1Cl.[Y]. The normalized spacial score (nSPS) is 10.7. The van der Waals surface area contributed by atoms with E-state index in [1.54, 1.807) is 6.92 Å². The molecular weight excluding hydrogens is 387 g/mol. The molecule has 0 aromatic carbocycles. The summed E-state index contributed by atoms with van der Waals surface area (Å²) >= 11 is 11.0. The predicted octanol–water partition coefficient (Wildman–Crippen LogP) is 3.21. The van der Waals surface area contributed by atoms with E-state index in [-0.39, 0.29) is 50.0 Å². The molecule has 1 aromatic heterocycles. The molecule has 1 radical (unpaired) electrons. The Morgan fingerprint density at radius 2 is 2.05 bits per heavy atom. The van der Waals surface area contributed by atoms with Gasteiger partial charge in [0.15, 0.2) is 11.0 Å². The van der Waals surface area contributed by atoms with E-state index in [1.165, 1.54) is 0 Å². The standard InChI is InChI=1S/C11H9Cl2FN2O3.Y/c1-2-19-11(18)6(4-15)8(17)5-3-7(14)10(13)16-9(5)12;/h3-4H,2H2,1H3,(H2,15,17,18);/p-1. The van der Waals surface area contributed by atoms with Crippen molar-refractivity contribution in [3.63, 3.8) is 0 Å². The van der Waals surface area contributed by atoms with Gasteiger partial charge in [-0.05, 0) is 13.0 Å². The third-order valence-electron chi connectivity index (χ3n) is 2.02. The number of carbonyl (C=O) groups excluding carboxylic acids is 2. The Morgan fingerprint density at radius 1 is 1.45 bits per heavy atom. The first kappa shape index (κ1) is 19.4. The van der Waals surface area contributed by atoms with Gasteiger partial charge in [0.2, 0.25) is 5.78 Å². The number of rotatable bonds is 4. The van der Waals surface area contributed by atoms with Gasteiger partial charge in [0.25, 0.3) is 0 Å². The van der Waals surface area contributed by atoms with Crippen LogP contribution in [0.15, 0.2) is 17.8 Å². The summed E-state index contributed by atoms with van der Waals surface area (Å²) in [5.74, 6) is -2.90. The number of ether oxygens (including phenoxy) is 1. The Labute approximate surface area is 149 Å². The average molecular weight is 395 g/mol. The van der Waals surface area contributed by atoms with Gasteiger partial charge in [-0.3, -0.25) is 4.79 Å². The second-order valence-corrected chi connectivity index (χ2v) is 3.92. The van der Waals surface area contributed by atoms with Gasteiger partial charge in [-0.2, -0.15) is 6.20 Å². The summed E-state index contributed by atoms with van der Waals surface area (Å²) < 4.78 is 17.8. The number of carbonyl (C=O) groups is 2. The topological polar surface area (TPSA) is 80.1 Å². The van der Waals surface area contributed by atoms with E-state index in [9.17, 15) is 14.0 Å². The zero-order valence-electron chi connectivity index (χ0n) is 10.2. The molecule has 0 aliphatic carbocycles. The monoisotopic (exact) mass is 394 g/mol. The fourth-order valence-electron chi connectivity index (χ4n) is 1.18. The van der Waals surface area contributed by atoms with Crippen molar-refractivity contribution < 1.29 is 51.4 Å². The molecule has 1 aromatic rings. The van der Waals surface area contributed by atoms with Crippen LogP contribution in [-0.4, -0.2) is 23.3 Å². The van der Waals surface area contributed by atoms with Crippen LogP contribution < -0.4 is 0 Å². The number of pyridine rings is 1. The molecule has 9 heteroatoms. The summed E-state index contributed by atoms with van der Waals surface area (Å²) in [6, 6.07) is 0.753. The number of nitrogens with zero attached hydrogens (tertiary/aromatic N) is 1. The summed E-state index contributed by atoms with van der Waals surface area (Å²) in [6.07, 6.45) is 0.517. The molecule has 0 aliphatic heterocycles. The van der Waals surface area contributed by atoms with Crippen molar-refractivity contribution >= 4 is 35.0 Å². The van der Waals surface area contributed by atoms with Crippen molar-refractivity contribution in [2.75, 3.05) is 6.61 Å². The van der Waals surface area contributed by atoms with Crippen molar-refractivity contribution in [2.45, 2.75) is 6.92 Å².